The van der Waals surface area contributed by atoms with E-state index in [2.05, 4.69) is 25.8 Å². The third kappa shape index (κ3) is 3.71. The van der Waals surface area contributed by atoms with Crippen molar-refractivity contribution in [3.05, 3.63) is 48.0 Å². The van der Waals surface area contributed by atoms with E-state index in [4.69, 9.17) is 4.42 Å². The summed E-state index contributed by atoms with van der Waals surface area (Å²) in [6.07, 6.45) is -4.95. The molecule has 0 aliphatic carbocycles. The van der Waals surface area contributed by atoms with Gasteiger partial charge in [0.05, 0.1) is 0 Å². The zero-order chi connectivity index (χ0) is 19.1. The number of nitrogens with one attached hydrogen (secondary N) is 1. The average Bonchev–Trinajstić information content (AvgIpc) is 2.96. The van der Waals surface area contributed by atoms with Crippen LogP contribution in [-0.4, -0.2) is 17.1 Å². The van der Waals surface area contributed by atoms with Crippen molar-refractivity contribution in [2.24, 2.45) is 0 Å². The van der Waals surface area contributed by atoms with E-state index in [1.165, 1.54) is 18.2 Å². The molecule has 136 valence electrons. The van der Waals surface area contributed by atoms with Crippen molar-refractivity contribution in [3.8, 4) is 11.5 Å². The predicted octanol–water partition coefficient (Wildman–Crippen LogP) is 5.29. The van der Waals surface area contributed by atoms with Crippen molar-refractivity contribution < 1.29 is 22.4 Å². The van der Waals surface area contributed by atoms with E-state index in [9.17, 15) is 18.0 Å². The Bertz CT molecular complexity index is 952. The molecule has 1 amide bonds. The molecule has 1 N–H and O–H groups in total. The van der Waals surface area contributed by atoms with Crippen molar-refractivity contribution in [3.63, 3.8) is 0 Å². The van der Waals surface area contributed by atoms with Crippen molar-refractivity contribution in [1.82, 2.24) is 4.98 Å². The number of fused-ring (bicyclic) bond motifs is 1. The molecule has 0 fully saturated rings. The molecule has 3 rings (SSSR count). The molecule has 0 bridgehead atoms. The molecular formula is C19H17F3N2O2. The normalized spacial score (nSPS) is 12.4. The lowest BCUT2D eigenvalue weighted by Gasteiger charge is -2.18. The third-order valence-electron chi connectivity index (χ3n) is 3.90. The van der Waals surface area contributed by atoms with Crippen molar-refractivity contribution in [2.45, 2.75) is 32.4 Å². The average molecular weight is 362 g/mol. The minimum atomic E-state index is -4.95. The van der Waals surface area contributed by atoms with Crippen molar-refractivity contribution >= 4 is 22.7 Å². The smallest absolute Gasteiger partial charge is 0.436 e. The fourth-order valence-electron chi connectivity index (χ4n) is 2.44. The Morgan fingerprint density at radius 1 is 1.04 bits per heavy atom. The van der Waals surface area contributed by atoms with Gasteiger partial charge in [-0.2, -0.15) is 13.2 Å². The lowest BCUT2D eigenvalue weighted by atomic mass is 9.87. The van der Waals surface area contributed by atoms with Crippen LogP contribution in [0.15, 0.2) is 46.9 Å². The highest BCUT2D eigenvalue weighted by molar-refractivity contribution is 5.96. The van der Waals surface area contributed by atoms with Gasteiger partial charge in [0.2, 0.25) is 5.89 Å². The quantitative estimate of drug-likeness (QED) is 0.674. The highest BCUT2D eigenvalue weighted by atomic mass is 19.4. The van der Waals surface area contributed by atoms with E-state index < -0.39 is 12.1 Å². The number of hydrogen-bond acceptors (Lipinski definition) is 3. The molecule has 4 nitrogen and oxygen atoms in total. The summed E-state index contributed by atoms with van der Waals surface area (Å²) >= 11 is 0. The Hall–Kier alpha value is -2.83. The predicted molar refractivity (Wildman–Crippen MR) is 92.8 cm³/mol. The number of benzene rings is 2. The monoisotopic (exact) mass is 362 g/mol. The highest BCUT2D eigenvalue weighted by Gasteiger charge is 2.38. The largest absolute Gasteiger partial charge is 0.471 e. The van der Waals surface area contributed by atoms with Gasteiger partial charge in [-0.3, -0.25) is 4.79 Å². The second kappa shape index (κ2) is 6.16. The maximum absolute atomic E-state index is 12.3. The van der Waals surface area contributed by atoms with Gasteiger partial charge in [0.25, 0.3) is 0 Å². The molecule has 0 aliphatic heterocycles. The molecule has 0 unspecified atom stereocenters. The summed E-state index contributed by atoms with van der Waals surface area (Å²) < 4.78 is 42.7. The Morgan fingerprint density at radius 2 is 1.69 bits per heavy atom. The van der Waals surface area contributed by atoms with Gasteiger partial charge >= 0.3 is 12.1 Å². The Kier molecular flexibility index (Phi) is 4.26. The zero-order valence-corrected chi connectivity index (χ0v) is 14.4. The lowest BCUT2D eigenvalue weighted by molar-refractivity contribution is -0.167. The van der Waals surface area contributed by atoms with Crippen molar-refractivity contribution in [2.75, 3.05) is 5.32 Å². The van der Waals surface area contributed by atoms with Crippen LogP contribution in [0.25, 0.3) is 22.6 Å². The number of hydrogen-bond donors (Lipinski definition) is 1. The maximum atomic E-state index is 12.3. The van der Waals surface area contributed by atoms with Gasteiger partial charge < -0.3 is 9.73 Å². The molecule has 0 radical (unpaired) electrons. The number of amides is 1. The molecular weight excluding hydrogens is 345 g/mol. The minimum absolute atomic E-state index is 0.00255. The summed E-state index contributed by atoms with van der Waals surface area (Å²) in [6.45, 7) is 6.33. The van der Waals surface area contributed by atoms with Gasteiger partial charge in [-0.05, 0) is 41.3 Å². The van der Waals surface area contributed by atoms with Gasteiger partial charge in [0.15, 0.2) is 5.58 Å². The fraction of sp³-hybridized carbons (Fsp3) is 0.263. The van der Waals surface area contributed by atoms with Crippen LogP contribution in [0.4, 0.5) is 18.9 Å². The minimum Gasteiger partial charge on any atom is -0.436 e. The van der Waals surface area contributed by atoms with Gasteiger partial charge in [0, 0.05) is 11.3 Å². The number of carbonyl (C=O) groups excluding carboxylic acids is 1. The van der Waals surface area contributed by atoms with E-state index in [-0.39, 0.29) is 11.1 Å². The van der Waals surface area contributed by atoms with Crippen LogP contribution in [0.2, 0.25) is 0 Å². The van der Waals surface area contributed by atoms with Crippen LogP contribution < -0.4 is 5.32 Å². The maximum Gasteiger partial charge on any atom is 0.471 e. The van der Waals surface area contributed by atoms with Crippen LogP contribution in [-0.2, 0) is 10.2 Å². The molecule has 0 aliphatic rings. The summed E-state index contributed by atoms with van der Waals surface area (Å²) in [7, 11) is 0. The van der Waals surface area contributed by atoms with E-state index >= 15 is 0 Å². The van der Waals surface area contributed by atoms with Crippen LogP contribution in [0, 0.1) is 0 Å². The SMILES string of the molecule is CC(C)(C)c1ccc(-c2nc3cc(NC(=O)C(F)(F)F)ccc3o2)cc1. The second-order valence-corrected chi connectivity index (χ2v) is 6.98. The van der Waals surface area contributed by atoms with Crippen LogP contribution in [0.3, 0.4) is 0 Å². The Balaban J connectivity index is 1.89. The number of alkyl halides is 3. The van der Waals surface area contributed by atoms with Gasteiger partial charge in [-0.1, -0.05) is 32.9 Å². The molecule has 7 heteroatoms. The molecule has 1 heterocycles. The number of carbonyl (C=O) groups is 1. The molecule has 3 aromatic rings. The van der Waals surface area contributed by atoms with E-state index in [0.29, 0.717) is 17.0 Å². The number of nitrogens with zero attached hydrogens (tertiary/aromatic N) is 1. The third-order valence-corrected chi connectivity index (χ3v) is 3.90. The van der Waals surface area contributed by atoms with Crippen LogP contribution >= 0.6 is 0 Å². The summed E-state index contributed by atoms with van der Waals surface area (Å²) in [5.41, 5.74) is 2.72. The summed E-state index contributed by atoms with van der Waals surface area (Å²) in [5, 5.41) is 1.80. The zero-order valence-electron chi connectivity index (χ0n) is 14.4. The van der Waals surface area contributed by atoms with E-state index in [1.807, 2.05) is 24.3 Å². The fourth-order valence-corrected chi connectivity index (χ4v) is 2.44. The first-order valence-corrected chi connectivity index (χ1v) is 7.94. The number of oxazole rings is 1. The molecule has 0 saturated heterocycles. The summed E-state index contributed by atoms with van der Waals surface area (Å²) in [5.74, 6) is -1.67. The topological polar surface area (TPSA) is 55.1 Å². The highest BCUT2D eigenvalue weighted by Crippen LogP contribution is 2.29. The number of aromatic nitrogens is 1. The summed E-state index contributed by atoms with van der Waals surface area (Å²) in [6, 6.07) is 11.9. The van der Waals surface area contributed by atoms with Gasteiger partial charge in [-0.15, -0.1) is 0 Å². The van der Waals surface area contributed by atoms with E-state index in [1.54, 1.807) is 5.32 Å². The first-order valence-electron chi connectivity index (χ1n) is 7.94. The summed E-state index contributed by atoms with van der Waals surface area (Å²) in [4.78, 5) is 15.3. The lowest BCUT2D eigenvalue weighted by Crippen LogP contribution is -2.29. The van der Waals surface area contributed by atoms with Crippen molar-refractivity contribution in [1.29, 1.82) is 0 Å². The first kappa shape index (κ1) is 18.0. The first-order chi connectivity index (χ1) is 12.0. The molecule has 2 aromatic carbocycles. The Labute approximate surface area is 148 Å². The van der Waals surface area contributed by atoms with E-state index in [0.717, 1.165) is 11.1 Å². The standard InChI is InChI=1S/C19H17F3N2O2/c1-18(2,3)12-6-4-11(5-7-12)16-24-14-10-13(8-9-15(14)26-16)23-17(25)19(20,21)22/h4-10H,1-3H3,(H,23,25). The molecule has 0 spiro atoms. The molecule has 0 atom stereocenters. The van der Waals surface area contributed by atoms with Crippen LogP contribution in [0.1, 0.15) is 26.3 Å². The molecule has 1 aromatic heterocycles. The Morgan fingerprint density at radius 3 is 2.27 bits per heavy atom. The van der Waals surface area contributed by atoms with Gasteiger partial charge in [0.1, 0.15) is 5.52 Å². The number of anilines is 1. The second-order valence-electron chi connectivity index (χ2n) is 6.98. The number of halogens is 3. The molecule has 26 heavy (non-hydrogen) atoms. The van der Waals surface area contributed by atoms with Gasteiger partial charge in [-0.25, -0.2) is 4.98 Å². The number of rotatable bonds is 2. The van der Waals surface area contributed by atoms with Crippen LogP contribution in [0.5, 0.6) is 0 Å². The molecule has 0 saturated carbocycles.